The Morgan fingerprint density at radius 2 is 0.667 bits per heavy atom. The van der Waals surface area contributed by atoms with Crippen LogP contribution in [0.5, 0.6) is 0 Å². The Labute approximate surface area is 695 Å². The van der Waals surface area contributed by atoms with Gasteiger partial charge in [-0.15, -0.1) is 0 Å². The molecule has 33 nitrogen and oxygen atoms in total. The average molecular weight is 1680 g/mol. The van der Waals surface area contributed by atoms with Crippen LogP contribution in [0.3, 0.4) is 0 Å². The molecule has 5 amide bonds. The molecule has 0 saturated heterocycles. The third-order valence-corrected chi connectivity index (χ3v) is 16.8. The van der Waals surface area contributed by atoms with Crippen molar-refractivity contribution < 1.29 is 33.8 Å². The number of rotatable bonds is 22. The van der Waals surface area contributed by atoms with Crippen LogP contribution in [0.4, 0.5) is 109 Å². The van der Waals surface area contributed by atoms with E-state index in [-0.39, 0.29) is 68.9 Å². The van der Waals surface area contributed by atoms with Crippen LogP contribution in [0.15, 0.2) is 207 Å². The number of para-hydroxylation sites is 4. The lowest BCUT2D eigenvalue weighted by molar-refractivity contribution is -0.385. The normalized spacial score (nSPS) is 10.2. The van der Waals surface area contributed by atoms with Crippen molar-refractivity contribution in [1.29, 1.82) is 0 Å². The molecular formula is C79H75Cl5N24O9. The fourth-order valence-corrected chi connectivity index (χ4v) is 11.1. The number of nitro benzene ring substituents is 2. The molecule has 0 aliphatic carbocycles. The van der Waals surface area contributed by atoms with Crippen LogP contribution in [-0.2, 0) is 4.79 Å². The number of amides is 5. The number of carbonyl (C=O) groups excluding carboxylic acids is 5. The lowest BCUT2D eigenvalue weighted by Crippen LogP contribution is -2.19. The van der Waals surface area contributed by atoms with Crippen LogP contribution >= 0.6 is 58.0 Å². The molecule has 12 aromatic rings. The number of aryl methyl sites for hydroxylation is 4. The van der Waals surface area contributed by atoms with Gasteiger partial charge in [-0.05, 0) is 165 Å². The maximum Gasteiger partial charge on any atom is 0.271 e. The van der Waals surface area contributed by atoms with Gasteiger partial charge in [0, 0.05) is 86.6 Å². The second-order valence-corrected chi connectivity index (χ2v) is 26.4. The van der Waals surface area contributed by atoms with Crippen molar-refractivity contribution in [3.63, 3.8) is 0 Å². The van der Waals surface area contributed by atoms with Crippen molar-refractivity contribution in [3.8, 4) is 0 Å². The molecule has 0 fully saturated rings. The molecule has 600 valence electrons. The highest BCUT2D eigenvalue weighted by molar-refractivity contribution is 6.34. The second-order valence-electron chi connectivity index (χ2n) is 24.5. The zero-order chi connectivity index (χ0) is 85.0. The number of carbonyl (C=O) groups is 5. The van der Waals surface area contributed by atoms with E-state index < -0.39 is 9.85 Å². The molecule has 0 aliphatic heterocycles. The number of nitrogens with two attached hydrogens (primary N) is 2. The first-order chi connectivity index (χ1) is 55.9. The molecule has 12 rings (SSSR count). The number of aromatic nitrogens is 8. The summed E-state index contributed by atoms with van der Waals surface area (Å²) in [6, 6.07) is 48.2. The van der Waals surface area contributed by atoms with Crippen LogP contribution in [0.2, 0.25) is 25.4 Å². The molecule has 0 radical (unpaired) electrons. The number of anilines is 17. The maximum absolute atomic E-state index is 12.1. The molecular weight excluding hydrogens is 1610 g/mol. The smallest absolute Gasteiger partial charge is 0.271 e. The molecule has 16 N–H and O–H groups in total. The zero-order valence-corrected chi connectivity index (χ0v) is 67.2. The molecule has 0 aliphatic rings. The summed E-state index contributed by atoms with van der Waals surface area (Å²) in [4.78, 5) is 113. The Bertz CT molecular complexity index is 5640. The number of non-ortho nitro benzene ring substituents is 2. The quantitative estimate of drug-likeness (QED) is 0.00985. The van der Waals surface area contributed by atoms with E-state index in [9.17, 15) is 44.2 Å². The number of nitrogens with one attached hydrogen (secondary N) is 12. The first kappa shape index (κ1) is 88.2. The van der Waals surface area contributed by atoms with Gasteiger partial charge in [0.25, 0.3) is 35.0 Å². The van der Waals surface area contributed by atoms with Gasteiger partial charge >= 0.3 is 0 Å². The van der Waals surface area contributed by atoms with Crippen LogP contribution in [0.1, 0.15) is 63.7 Å². The molecule has 4 heterocycles. The second kappa shape index (κ2) is 42.5. The Morgan fingerprint density at radius 3 is 1.01 bits per heavy atom. The number of halogens is 5. The highest BCUT2D eigenvalue weighted by Gasteiger charge is 2.19. The Morgan fingerprint density at radius 1 is 0.376 bits per heavy atom. The Hall–Kier alpha value is -14.4. The minimum absolute atomic E-state index is 0.0423. The summed E-state index contributed by atoms with van der Waals surface area (Å²) < 4.78 is 0. The summed E-state index contributed by atoms with van der Waals surface area (Å²) in [5, 5.41) is 57.0. The van der Waals surface area contributed by atoms with Crippen molar-refractivity contribution in [2.75, 3.05) is 82.2 Å². The van der Waals surface area contributed by atoms with Gasteiger partial charge in [0.05, 0.1) is 79.6 Å². The van der Waals surface area contributed by atoms with Gasteiger partial charge in [0.1, 0.15) is 20.1 Å². The van der Waals surface area contributed by atoms with Crippen LogP contribution in [0, 0.1) is 47.9 Å². The van der Waals surface area contributed by atoms with Gasteiger partial charge in [-0.2, -0.15) is 19.9 Å². The van der Waals surface area contributed by atoms with Crippen molar-refractivity contribution >= 4 is 197 Å². The van der Waals surface area contributed by atoms with Gasteiger partial charge < -0.3 is 75.3 Å². The standard InChI is InChI=1S/C22H21ClN6O2.C19H17ClN6O3.C19H19ClN6O.C12H10Cl2N4O.C7H8N2O2/c1-4-19(30)26-14-9-13(2)10-15(11-14)27-22-25-12-17(23)20(29-22)28-18-8-6-5-7-16(18)21(31)24-3;1-11-7-12(9-13(8-11)26(28)29)23-19-22-10-15(20)17(25-19)24-16-6-4-3-5-14(16)18(27)21-2;1-11-7-12(21)9-13(8-11)24-19-23-10-15(20)17(26-19)25-16-6-4-3-5-14(16)18(27)22-2;1-15-11(19)7-4-2-3-5-9(7)17-10-8(13)6-16-12(14)18-10;1-5-2-6(8)4-7(3-5)9(10)11/h4-12H,1H2,2-3H3,(H,24,31)(H,26,30)(H2,25,27,28,29);3-10H,1-2H3,(H,21,27)(H2,22,23,24,25);3-10H,21H2,1-2H3,(H,22,27)(H2,23,24,25,26);2-6H,1H3,(H,15,19)(H,16,17,18);2-4H,8H2,1H3. The third kappa shape index (κ3) is 26.4. The number of benzene rings is 8. The molecule has 0 spiro atoms. The topological polar surface area (TPSA) is 471 Å². The summed E-state index contributed by atoms with van der Waals surface area (Å²) in [7, 11) is 6.24. The van der Waals surface area contributed by atoms with Crippen molar-refractivity contribution in [2.45, 2.75) is 27.7 Å². The number of nitrogen functional groups attached to an aromatic ring is 2. The molecule has 0 bridgehead atoms. The summed E-state index contributed by atoms with van der Waals surface area (Å²) in [6.45, 7) is 10.8. The first-order valence-electron chi connectivity index (χ1n) is 34.5. The highest BCUT2D eigenvalue weighted by Crippen LogP contribution is 2.33. The predicted octanol–water partition coefficient (Wildman–Crippen LogP) is 16.8. The van der Waals surface area contributed by atoms with Gasteiger partial charge in [0.15, 0.2) is 23.3 Å². The largest absolute Gasteiger partial charge is 0.399 e. The summed E-state index contributed by atoms with van der Waals surface area (Å²) in [5.41, 5.74) is 22.4. The predicted molar refractivity (Wildman–Crippen MR) is 461 cm³/mol. The fourth-order valence-electron chi connectivity index (χ4n) is 10.4. The molecule has 0 atom stereocenters. The lowest BCUT2D eigenvalue weighted by Gasteiger charge is -2.13. The van der Waals surface area contributed by atoms with Crippen molar-refractivity contribution in [1.82, 2.24) is 61.1 Å². The van der Waals surface area contributed by atoms with E-state index in [2.05, 4.69) is 110 Å². The van der Waals surface area contributed by atoms with Gasteiger partial charge in [-0.25, -0.2) is 19.9 Å². The molecule has 0 unspecified atom stereocenters. The molecule has 4 aromatic heterocycles. The zero-order valence-electron chi connectivity index (χ0n) is 63.5. The van der Waals surface area contributed by atoms with Crippen LogP contribution < -0.4 is 75.3 Å². The van der Waals surface area contributed by atoms with E-state index in [1.807, 2.05) is 44.2 Å². The van der Waals surface area contributed by atoms with E-state index in [1.54, 1.807) is 157 Å². The third-order valence-electron chi connectivity index (χ3n) is 15.5. The van der Waals surface area contributed by atoms with E-state index in [0.717, 1.165) is 22.4 Å². The van der Waals surface area contributed by atoms with Crippen LogP contribution in [0.25, 0.3) is 0 Å². The summed E-state index contributed by atoms with van der Waals surface area (Å²) in [5.74, 6) is 0.950. The van der Waals surface area contributed by atoms with Crippen molar-refractivity contribution in [3.05, 3.63) is 297 Å². The number of hydrogen-bond donors (Lipinski definition) is 14. The van der Waals surface area contributed by atoms with Gasteiger partial charge in [-0.1, -0.05) is 102 Å². The Kier molecular flexibility index (Phi) is 32.0. The molecule has 117 heavy (non-hydrogen) atoms. The van der Waals surface area contributed by atoms with Gasteiger partial charge in [0.2, 0.25) is 29.0 Å². The maximum atomic E-state index is 12.1. The average Bonchev–Trinajstić information content (AvgIpc) is 0.810. The number of nitrogens with zero attached hydrogens (tertiary/aromatic N) is 10. The Balaban J connectivity index is 0.000000188. The molecule has 0 saturated carbocycles. The van der Waals surface area contributed by atoms with E-state index in [0.29, 0.717) is 117 Å². The summed E-state index contributed by atoms with van der Waals surface area (Å²) in [6.07, 6.45) is 6.93. The van der Waals surface area contributed by atoms with Crippen LogP contribution in [-0.4, -0.2) is 107 Å². The first-order valence-corrected chi connectivity index (χ1v) is 36.4. The molecule has 38 heteroatoms. The van der Waals surface area contributed by atoms with Gasteiger partial charge in [-0.3, -0.25) is 44.2 Å². The fraction of sp³-hybridized carbons (Fsp3) is 0.101. The number of hydrogen-bond acceptors (Lipinski definition) is 26. The van der Waals surface area contributed by atoms with E-state index in [1.165, 1.54) is 55.1 Å². The minimum Gasteiger partial charge on any atom is -0.399 e. The van der Waals surface area contributed by atoms with E-state index >= 15 is 0 Å². The molecule has 8 aromatic carbocycles. The van der Waals surface area contributed by atoms with E-state index in [4.69, 9.17) is 69.5 Å². The van der Waals surface area contributed by atoms with Crippen molar-refractivity contribution in [2.24, 2.45) is 0 Å². The highest BCUT2D eigenvalue weighted by atomic mass is 35.5. The summed E-state index contributed by atoms with van der Waals surface area (Å²) >= 11 is 30.4. The lowest BCUT2D eigenvalue weighted by atomic mass is 10.1. The minimum atomic E-state index is -0.469. The SMILES string of the molecule is C=CC(=O)Nc1cc(C)cc(Nc2ncc(Cl)c(Nc3ccccc3C(=O)NC)n2)c1.CNC(=O)c1ccccc1Nc1nc(Cl)ncc1Cl.CNC(=O)c1ccccc1Nc1nc(Nc2cc(C)cc(N)c2)ncc1Cl.CNC(=O)c1ccccc1Nc1nc(Nc2cc(C)cc([N+](=O)[O-])c2)ncc1Cl.Cc1cc(N)cc([N+](=O)[O-])c1. The monoisotopic (exact) mass is 1680 g/mol. The number of nitro groups is 2.